The van der Waals surface area contributed by atoms with Crippen molar-refractivity contribution < 1.29 is 19.2 Å². The van der Waals surface area contributed by atoms with Gasteiger partial charge in [0.05, 0.1) is 0 Å². The van der Waals surface area contributed by atoms with Crippen LogP contribution in [0.25, 0.3) is 0 Å². The monoisotopic (exact) mass is 410 g/mol. The van der Waals surface area contributed by atoms with Crippen molar-refractivity contribution in [1.29, 1.82) is 0 Å². The molecule has 0 radical (unpaired) electrons. The molecule has 0 atom stereocenters. The number of amides is 4. The Hall–Kier alpha value is -3.68. The summed E-state index contributed by atoms with van der Waals surface area (Å²) in [5, 5.41) is 10.8. The average molecular weight is 410 g/mol. The highest BCUT2D eigenvalue weighted by Crippen LogP contribution is 2.20. The topological polar surface area (TPSA) is 116 Å². The van der Waals surface area contributed by atoms with Crippen LogP contribution in [0, 0.1) is 0 Å². The second kappa shape index (κ2) is 10.8. The van der Waals surface area contributed by atoms with Crippen LogP contribution in [0.15, 0.2) is 42.5 Å². The van der Waals surface area contributed by atoms with Gasteiger partial charge in [-0.05, 0) is 42.3 Å². The van der Waals surface area contributed by atoms with E-state index >= 15 is 0 Å². The van der Waals surface area contributed by atoms with Crippen molar-refractivity contribution in [3.8, 4) is 0 Å². The molecular weight excluding hydrogens is 384 g/mol. The van der Waals surface area contributed by atoms with Crippen LogP contribution in [-0.2, 0) is 20.9 Å². The van der Waals surface area contributed by atoms with E-state index in [0.29, 0.717) is 29.0 Å². The third-order valence-corrected chi connectivity index (χ3v) is 4.00. The molecule has 0 aliphatic rings. The third-order valence-electron chi connectivity index (χ3n) is 4.00. The number of hydrogen-bond acceptors (Lipinski definition) is 4. The van der Waals surface area contributed by atoms with Crippen LogP contribution >= 0.6 is 0 Å². The standard InChI is InChI=1S/C22H26N4O4/c1-4-5-21(29)26-18-8-6-16(7-9-18)13-23-22(30)17-10-19(24-14(2)27)12-20(11-17)25-15(3)28/h6-12H,4-5,13H2,1-3H3,(H,23,30)(H,24,27)(H,25,28)(H,26,29). The Morgan fingerprint density at radius 2 is 1.33 bits per heavy atom. The molecule has 4 amide bonds. The fourth-order valence-electron chi connectivity index (χ4n) is 2.75. The van der Waals surface area contributed by atoms with Crippen LogP contribution in [0.3, 0.4) is 0 Å². The van der Waals surface area contributed by atoms with Crippen molar-refractivity contribution >= 4 is 40.7 Å². The summed E-state index contributed by atoms with van der Waals surface area (Å²) in [5.41, 5.74) is 2.68. The summed E-state index contributed by atoms with van der Waals surface area (Å²) in [6, 6.07) is 11.8. The molecule has 2 aromatic rings. The predicted molar refractivity (Wildman–Crippen MR) is 116 cm³/mol. The molecule has 0 saturated carbocycles. The van der Waals surface area contributed by atoms with Gasteiger partial charge in [0.1, 0.15) is 0 Å². The van der Waals surface area contributed by atoms with E-state index in [4.69, 9.17) is 0 Å². The van der Waals surface area contributed by atoms with E-state index < -0.39 is 0 Å². The van der Waals surface area contributed by atoms with Gasteiger partial charge >= 0.3 is 0 Å². The van der Waals surface area contributed by atoms with Crippen molar-refractivity contribution in [3.63, 3.8) is 0 Å². The summed E-state index contributed by atoms with van der Waals surface area (Å²) < 4.78 is 0. The maximum absolute atomic E-state index is 12.6. The van der Waals surface area contributed by atoms with Crippen LogP contribution in [-0.4, -0.2) is 23.6 Å². The van der Waals surface area contributed by atoms with Gasteiger partial charge in [-0.15, -0.1) is 0 Å². The second-order valence-corrected chi connectivity index (χ2v) is 6.84. The number of nitrogens with one attached hydrogen (secondary N) is 4. The number of benzene rings is 2. The molecule has 0 bridgehead atoms. The van der Waals surface area contributed by atoms with Gasteiger partial charge < -0.3 is 21.3 Å². The third kappa shape index (κ3) is 7.38. The molecule has 0 heterocycles. The molecule has 8 heteroatoms. The Morgan fingerprint density at radius 1 is 0.767 bits per heavy atom. The van der Waals surface area contributed by atoms with Crippen LogP contribution in [0.2, 0.25) is 0 Å². The van der Waals surface area contributed by atoms with E-state index in [9.17, 15) is 19.2 Å². The Balaban J connectivity index is 2.05. The Kier molecular flexibility index (Phi) is 8.10. The van der Waals surface area contributed by atoms with E-state index in [1.165, 1.54) is 26.0 Å². The highest BCUT2D eigenvalue weighted by Gasteiger charge is 2.11. The van der Waals surface area contributed by atoms with Crippen molar-refractivity contribution in [2.24, 2.45) is 0 Å². The van der Waals surface area contributed by atoms with Gasteiger partial charge in [0.15, 0.2) is 0 Å². The molecule has 2 aromatic carbocycles. The van der Waals surface area contributed by atoms with Crippen LogP contribution in [0.1, 0.15) is 49.5 Å². The van der Waals surface area contributed by atoms with Crippen LogP contribution < -0.4 is 21.3 Å². The van der Waals surface area contributed by atoms with E-state index in [0.717, 1.165) is 12.0 Å². The van der Waals surface area contributed by atoms with E-state index in [2.05, 4.69) is 21.3 Å². The van der Waals surface area contributed by atoms with Crippen LogP contribution in [0.5, 0.6) is 0 Å². The summed E-state index contributed by atoms with van der Waals surface area (Å²) in [6.07, 6.45) is 1.25. The van der Waals surface area contributed by atoms with Crippen molar-refractivity contribution in [1.82, 2.24) is 5.32 Å². The summed E-state index contributed by atoms with van der Waals surface area (Å²) in [5.74, 6) is -0.957. The lowest BCUT2D eigenvalue weighted by atomic mass is 10.1. The molecule has 0 aliphatic heterocycles. The maximum atomic E-state index is 12.6. The molecule has 0 fully saturated rings. The molecule has 4 N–H and O–H groups in total. The lowest BCUT2D eigenvalue weighted by Gasteiger charge is -2.11. The Bertz CT molecular complexity index is 904. The number of carbonyl (C=O) groups is 4. The van der Waals surface area contributed by atoms with Gasteiger partial charge in [-0.1, -0.05) is 19.1 Å². The molecule has 2 rings (SSSR count). The highest BCUT2D eigenvalue weighted by atomic mass is 16.2. The smallest absolute Gasteiger partial charge is 0.251 e. The lowest BCUT2D eigenvalue weighted by Crippen LogP contribution is -2.23. The first-order valence-electron chi connectivity index (χ1n) is 9.64. The molecular formula is C22H26N4O4. The number of hydrogen-bond donors (Lipinski definition) is 4. The van der Waals surface area contributed by atoms with Gasteiger partial charge in [-0.3, -0.25) is 19.2 Å². The summed E-state index contributed by atoms with van der Waals surface area (Å²) in [7, 11) is 0. The summed E-state index contributed by atoms with van der Waals surface area (Å²) in [4.78, 5) is 46.9. The Morgan fingerprint density at radius 3 is 1.83 bits per heavy atom. The normalized spacial score (nSPS) is 10.1. The van der Waals surface area contributed by atoms with E-state index in [1.807, 2.05) is 19.1 Å². The Labute approximate surface area is 175 Å². The number of rotatable bonds is 8. The van der Waals surface area contributed by atoms with E-state index in [-0.39, 0.29) is 30.2 Å². The van der Waals surface area contributed by atoms with E-state index in [1.54, 1.807) is 18.2 Å². The van der Waals surface area contributed by atoms with Crippen molar-refractivity contribution in [2.45, 2.75) is 40.2 Å². The molecule has 158 valence electrons. The fraction of sp³-hybridized carbons (Fsp3) is 0.273. The van der Waals surface area contributed by atoms with Gasteiger partial charge in [0, 0.05) is 49.4 Å². The lowest BCUT2D eigenvalue weighted by molar-refractivity contribution is -0.116. The zero-order valence-corrected chi connectivity index (χ0v) is 17.3. The first-order chi connectivity index (χ1) is 14.3. The summed E-state index contributed by atoms with van der Waals surface area (Å²) >= 11 is 0. The second-order valence-electron chi connectivity index (χ2n) is 6.84. The minimum Gasteiger partial charge on any atom is -0.348 e. The first kappa shape index (κ1) is 22.6. The van der Waals surface area contributed by atoms with Gasteiger partial charge in [0.25, 0.3) is 5.91 Å². The maximum Gasteiger partial charge on any atom is 0.251 e. The molecule has 8 nitrogen and oxygen atoms in total. The minimum absolute atomic E-state index is 0.0346. The molecule has 0 aliphatic carbocycles. The first-order valence-corrected chi connectivity index (χ1v) is 9.64. The minimum atomic E-state index is -0.353. The molecule has 0 unspecified atom stereocenters. The summed E-state index contributed by atoms with van der Waals surface area (Å²) in [6.45, 7) is 4.94. The highest BCUT2D eigenvalue weighted by molar-refractivity contribution is 6.00. The zero-order valence-electron chi connectivity index (χ0n) is 17.3. The predicted octanol–water partition coefficient (Wildman–Crippen LogP) is 3.27. The number of anilines is 3. The quantitative estimate of drug-likeness (QED) is 0.534. The average Bonchev–Trinajstić information content (AvgIpc) is 2.66. The molecule has 0 aromatic heterocycles. The largest absolute Gasteiger partial charge is 0.348 e. The molecule has 0 spiro atoms. The van der Waals surface area contributed by atoms with Gasteiger partial charge in [-0.25, -0.2) is 0 Å². The van der Waals surface area contributed by atoms with Crippen molar-refractivity contribution in [2.75, 3.05) is 16.0 Å². The van der Waals surface area contributed by atoms with Crippen molar-refractivity contribution in [3.05, 3.63) is 53.6 Å². The van der Waals surface area contributed by atoms with Crippen LogP contribution in [0.4, 0.5) is 17.1 Å². The molecule has 0 saturated heterocycles. The molecule has 30 heavy (non-hydrogen) atoms. The van der Waals surface area contributed by atoms with Gasteiger partial charge in [-0.2, -0.15) is 0 Å². The SMILES string of the molecule is CCCC(=O)Nc1ccc(CNC(=O)c2cc(NC(C)=O)cc(NC(C)=O)c2)cc1. The zero-order chi connectivity index (χ0) is 22.1. The number of carbonyl (C=O) groups excluding carboxylic acids is 4. The van der Waals surface area contributed by atoms with Gasteiger partial charge in [0.2, 0.25) is 17.7 Å². The fourth-order valence-corrected chi connectivity index (χ4v) is 2.75.